The smallest absolute Gasteiger partial charge is 0.370 e. The van der Waals surface area contributed by atoms with Crippen LogP contribution in [0.1, 0.15) is 44.6 Å². The fourth-order valence-electron chi connectivity index (χ4n) is 8.09. The van der Waals surface area contributed by atoms with Gasteiger partial charge in [0, 0.05) is 78.2 Å². The molecule has 1 atom stereocenters. The predicted octanol–water partition coefficient (Wildman–Crippen LogP) is 5.60. The quantitative estimate of drug-likeness (QED) is 0.228. The van der Waals surface area contributed by atoms with Gasteiger partial charge in [0.25, 0.3) is 11.8 Å². The van der Waals surface area contributed by atoms with E-state index < -0.39 is 35.3 Å². The third kappa shape index (κ3) is 6.38. The molecule has 54 heavy (non-hydrogen) atoms. The van der Waals surface area contributed by atoms with Gasteiger partial charge in [-0.25, -0.2) is 4.79 Å². The van der Waals surface area contributed by atoms with Gasteiger partial charge in [0.1, 0.15) is 5.69 Å². The number of alkyl halides is 3. The molecule has 2 fully saturated rings. The van der Waals surface area contributed by atoms with Gasteiger partial charge in [0.15, 0.2) is 0 Å². The second-order valence-corrected chi connectivity index (χ2v) is 15.3. The maximum absolute atomic E-state index is 14.4. The molecule has 2 amide bonds. The molecule has 0 unspecified atom stereocenters. The number of benzene rings is 3. The highest BCUT2D eigenvalue weighted by Crippen LogP contribution is 2.41. The van der Waals surface area contributed by atoms with Crippen LogP contribution in [0.5, 0.6) is 0 Å². The summed E-state index contributed by atoms with van der Waals surface area (Å²) in [5.41, 5.74) is 2.73. The number of carbonyl (C=O) groups is 2. The van der Waals surface area contributed by atoms with Gasteiger partial charge in [0.05, 0.1) is 29.2 Å². The van der Waals surface area contributed by atoms with Crippen LogP contribution in [-0.4, -0.2) is 80.2 Å². The van der Waals surface area contributed by atoms with Crippen LogP contribution in [0.2, 0.25) is 0 Å². The van der Waals surface area contributed by atoms with Crippen LogP contribution >= 0.6 is 15.9 Å². The Labute approximate surface area is 317 Å². The number of fused-ring (bicyclic) bond motifs is 1. The highest BCUT2D eigenvalue weighted by Gasteiger charge is 2.50. The lowest BCUT2D eigenvalue weighted by Gasteiger charge is -2.60. The fraction of sp³-hybridized carbons (Fsp3) is 0.308. The minimum absolute atomic E-state index is 0.0355. The molecule has 11 nitrogen and oxygen atoms in total. The molecule has 2 aromatic heterocycles. The van der Waals surface area contributed by atoms with Crippen molar-refractivity contribution in [2.45, 2.75) is 38.8 Å². The van der Waals surface area contributed by atoms with E-state index in [1.807, 2.05) is 54.6 Å². The van der Waals surface area contributed by atoms with Crippen molar-refractivity contribution < 1.29 is 22.8 Å². The molecule has 1 N–H and O–H groups in total. The Morgan fingerprint density at radius 3 is 2.37 bits per heavy atom. The fourth-order valence-corrected chi connectivity index (χ4v) is 8.56. The highest BCUT2D eigenvalue weighted by molar-refractivity contribution is 9.10. The average molecular weight is 802 g/mol. The van der Waals surface area contributed by atoms with E-state index in [9.17, 15) is 27.6 Å². The summed E-state index contributed by atoms with van der Waals surface area (Å²) in [4.78, 5) is 48.5. The van der Waals surface area contributed by atoms with E-state index in [0.29, 0.717) is 16.8 Å². The Bertz CT molecular complexity index is 2310. The first-order valence-electron chi connectivity index (χ1n) is 17.5. The molecule has 3 aliphatic rings. The van der Waals surface area contributed by atoms with Crippen molar-refractivity contribution in [3.8, 4) is 16.9 Å². The Kier molecular flexibility index (Phi) is 8.96. The number of anilines is 1. The van der Waals surface area contributed by atoms with Crippen molar-refractivity contribution in [3.63, 3.8) is 0 Å². The highest BCUT2D eigenvalue weighted by atomic mass is 79.9. The monoisotopic (exact) mass is 800 g/mol. The third-order valence-corrected chi connectivity index (χ3v) is 11.3. The Morgan fingerprint density at radius 1 is 0.963 bits per heavy atom. The first kappa shape index (κ1) is 35.7. The number of aromatic nitrogens is 4. The standard InChI is InChI=1S/C39H36BrF3N8O3/c1-24-18-50-33(19-49(24)36(53)25-9-14-31(40)30(16-25)39(41,42)43)34(35(52)44-17-26-6-3-4-7-29(26)32-8-5-15-45-46-32)51(37(50)54)28-12-10-27(11-13-28)48-22-38(23-48)20-47(2)21-38/h3-16,24H,17-23H2,1-2H3,(H,44,52)/t24-/m0/s1. The molecule has 5 heterocycles. The van der Waals surface area contributed by atoms with Crippen molar-refractivity contribution in [2.24, 2.45) is 5.41 Å². The number of hydrogen-bond donors (Lipinski definition) is 1. The molecule has 8 rings (SSSR count). The van der Waals surface area contributed by atoms with E-state index in [1.54, 1.807) is 19.2 Å². The SMILES string of the molecule is C[C@H]1Cn2c(c(C(=O)NCc3ccccc3-c3cccnn3)n(-c3ccc(N4CC5(CN(C)C5)C4)cc3)c2=O)CN1C(=O)c1ccc(Br)c(C(F)(F)F)c1. The molecule has 0 bridgehead atoms. The van der Waals surface area contributed by atoms with Crippen LogP contribution in [-0.2, 0) is 25.8 Å². The Balaban J connectivity index is 1.14. The van der Waals surface area contributed by atoms with Crippen LogP contribution in [0.4, 0.5) is 18.9 Å². The van der Waals surface area contributed by atoms with Crippen molar-refractivity contribution in [3.05, 3.63) is 128 Å². The second-order valence-electron chi connectivity index (χ2n) is 14.5. The number of nitrogens with zero attached hydrogens (tertiary/aromatic N) is 7. The molecule has 3 aromatic carbocycles. The van der Waals surface area contributed by atoms with E-state index in [-0.39, 0.29) is 41.1 Å². The molecular formula is C39H36BrF3N8O3. The lowest BCUT2D eigenvalue weighted by Crippen LogP contribution is -2.71. The van der Waals surface area contributed by atoms with Crippen LogP contribution < -0.4 is 15.9 Å². The minimum Gasteiger partial charge on any atom is -0.370 e. The number of imidazole rings is 1. The van der Waals surface area contributed by atoms with E-state index in [4.69, 9.17) is 0 Å². The minimum atomic E-state index is -4.68. The zero-order valence-corrected chi connectivity index (χ0v) is 31.1. The number of halogens is 4. The van der Waals surface area contributed by atoms with Crippen molar-refractivity contribution in [2.75, 3.05) is 38.1 Å². The van der Waals surface area contributed by atoms with Crippen molar-refractivity contribution in [1.82, 2.24) is 34.4 Å². The van der Waals surface area contributed by atoms with Gasteiger partial charge in [-0.2, -0.15) is 23.4 Å². The number of likely N-dealkylation sites (tertiary alicyclic amines) is 1. The number of amides is 2. The largest absolute Gasteiger partial charge is 0.417 e. The number of nitrogens with one attached hydrogen (secondary N) is 1. The molecule has 0 saturated carbocycles. The summed E-state index contributed by atoms with van der Waals surface area (Å²) in [5, 5.41) is 11.2. The van der Waals surface area contributed by atoms with Crippen LogP contribution in [0.25, 0.3) is 16.9 Å². The van der Waals surface area contributed by atoms with E-state index in [1.165, 1.54) is 26.2 Å². The third-order valence-electron chi connectivity index (χ3n) is 10.6. The molecule has 1 spiro atoms. The molecular weight excluding hydrogens is 765 g/mol. The molecule has 3 aliphatic heterocycles. The van der Waals surface area contributed by atoms with Crippen LogP contribution in [0.15, 0.2) is 94.3 Å². The topological polar surface area (TPSA) is 109 Å². The summed E-state index contributed by atoms with van der Waals surface area (Å²) in [7, 11) is 2.11. The molecule has 15 heteroatoms. The summed E-state index contributed by atoms with van der Waals surface area (Å²) in [6.45, 7) is 5.71. The number of hydrogen-bond acceptors (Lipinski definition) is 7. The Morgan fingerprint density at radius 2 is 1.69 bits per heavy atom. The maximum atomic E-state index is 14.4. The van der Waals surface area contributed by atoms with Crippen LogP contribution in [0.3, 0.4) is 0 Å². The lowest BCUT2D eigenvalue weighted by molar-refractivity contribution is -0.138. The predicted molar refractivity (Wildman–Crippen MR) is 199 cm³/mol. The van der Waals surface area contributed by atoms with Gasteiger partial charge < -0.3 is 20.0 Å². The summed E-state index contributed by atoms with van der Waals surface area (Å²) >= 11 is 2.94. The van der Waals surface area contributed by atoms with Crippen molar-refractivity contribution in [1.29, 1.82) is 0 Å². The molecule has 5 aromatic rings. The first-order valence-corrected chi connectivity index (χ1v) is 18.3. The van der Waals surface area contributed by atoms with Gasteiger partial charge in [0.2, 0.25) is 0 Å². The molecule has 2 saturated heterocycles. The zero-order valence-electron chi connectivity index (χ0n) is 29.5. The first-order chi connectivity index (χ1) is 25.8. The second kappa shape index (κ2) is 13.5. The summed E-state index contributed by atoms with van der Waals surface area (Å²) in [6.07, 6.45) is -3.11. The molecule has 278 valence electrons. The summed E-state index contributed by atoms with van der Waals surface area (Å²) < 4.78 is 44.0. The van der Waals surface area contributed by atoms with Crippen LogP contribution in [0, 0.1) is 5.41 Å². The molecule has 0 aliphatic carbocycles. The maximum Gasteiger partial charge on any atom is 0.417 e. The van der Waals surface area contributed by atoms with E-state index >= 15 is 0 Å². The van der Waals surface area contributed by atoms with Gasteiger partial charge in [-0.1, -0.05) is 40.2 Å². The normalized spacial score (nSPS) is 17.9. The molecule has 0 radical (unpaired) electrons. The average Bonchev–Trinajstić information content (AvgIpc) is 3.41. The lowest BCUT2D eigenvalue weighted by atomic mass is 9.73. The van der Waals surface area contributed by atoms with E-state index in [2.05, 4.69) is 48.3 Å². The van der Waals surface area contributed by atoms with E-state index in [0.717, 1.165) is 49.1 Å². The van der Waals surface area contributed by atoms with Gasteiger partial charge in [-0.3, -0.25) is 18.7 Å². The Hall–Kier alpha value is -5.28. The number of rotatable bonds is 7. The number of carbonyl (C=O) groups excluding carboxylic acids is 2. The van der Waals surface area contributed by atoms with Crippen molar-refractivity contribution >= 4 is 33.4 Å². The van der Waals surface area contributed by atoms with Gasteiger partial charge in [-0.05, 0) is 74.1 Å². The van der Waals surface area contributed by atoms with Gasteiger partial charge in [-0.15, -0.1) is 0 Å². The zero-order chi connectivity index (χ0) is 37.9. The van der Waals surface area contributed by atoms with Gasteiger partial charge >= 0.3 is 11.9 Å². The summed E-state index contributed by atoms with van der Waals surface area (Å²) in [5.74, 6) is -1.20. The summed E-state index contributed by atoms with van der Waals surface area (Å²) in [6, 6.07) is 21.3.